The predicted molar refractivity (Wildman–Crippen MR) is 286 cm³/mol. The number of rotatable bonds is 9. The number of hydrogen-bond donors (Lipinski definition) is 1. The van der Waals surface area contributed by atoms with Crippen molar-refractivity contribution in [1.29, 1.82) is 0 Å². The summed E-state index contributed by atoms with van der Waals surface area (Å²) in [7, 11) is 0.755. The number of fused-ring (bicyclic) bond motifs is 6. The molecule has 0 fully saturated rings. The largest absolute Gasteiger partial charge is 0.355 e. The number of nitrogens with one attached hydrogen (secondary N) is 1. The molecule has 1 N–H and O–H groups in total. The van der Waals surface area contributed by atoms with Gasteiger partial charge in [-0.25, -0.2) is 0 Å². The fraction of sp³-hybridized carbons (Fsp3) is 0.0164. The fourth-order valence-electron chi connectivity index (χ4n) is 9.88. The molecule has 0 saturated heterocycles. The molecule has 5 heteroatoms. The number of thiophene rings is 1. The molecule has 11 aromatic rings. The van der Waals surface area contributed by atoms with E-state index in [1.54, 1.807) is 0 Å². The zero-order chi connectivity index (χ0) is 44.0. The van der Waals surface area contributed by atoms with Crippen molar-refractivity contribution in [2.75, 3.05) is 15.1 Å². The van der Waals surface area contributed by atoms with Crippen LogP contribution in [0.5, 0.6) is 0 Å². The van der Waals surface area contributed by atoms with Gasteiger partial charge in [-0.1, -0.05) is 157 Å². The van der Waals surface area contributed by atoms with Crippen molar-refractivity contribution < 1.29 is 0 Å². The van der Waals surface area contributed by atoms with Crippen LogP contribution in [0, 0.1) is 6.92 Å². The molecule has 12 rings (SSSR count). The number of aryl methyl sites for hydroxylation is 1. The summed E-state index contributed by atoms with van der Waals surface area (Å²) in [5, 5.41) is 6.45. The standard InChI is InChI=1S/C61H44BN3S/c1-41-37-45(43-21-8-3-9-22-43)33-35-56(41)65-57-36-34-49(64(47-25-10-4-11-26-47)48-27-12-5-13-28-48)39-54(57)62-59-52(40-53-51-30-15-17-32-58(51)66-61(53)60(59)65)50-29-14-16-31-55(50)63-46-24-18-23-44(38-46)42-19-6-2-7-20-42/h2-40,62-63H,1H3. The van der Waals surface area contributed by atoms with Crippen molar-refractivity contribution >= 4 is 95.2 Å². The molecule has 0 amide bonds. The summed E-state index contributed by atoms with van der Waals surface area (Å²) in [6.07, 6.45) is 0. The molecule has 312 valence electrons. The van der Waals surface area contributed by atoms with Crippen molar-refractivity contribution in [1.82, 2.24) is 0 Å². The lowest BCUT2D eigenvalue weighted by molar-refractivity contribution is 1.25. The first-order chi connectivity index (χ1) is 32.6. The van der Waals surface area contributed by atoms with Gasteiger partial charge in [-0.2, -0.15) is 0 Å². The molecular weight excluding hydrogens is 818 g/mol. The van der Waals surface area contributed by atoms with Gasteiger partial charge in [0.1, 0.15) is 0 Å². The van der Waals surface area contributed by atoms with Crippen molar-refractivity contribution in [3.63, 3.8) is 0 Å². The van der Waals surface area contributed by atoms with Gasteiger partial charge in [0.2, 0.25) is 0 Å². The number of hydrogen-bond acceptors (Lipinski definition) is 4. The Hall–Kier alpha value is -8.12. The van der Waals surface area contributed by atoms with E-state index in [9.17, 15) is 0 Å². The lowest BCUT2D eigenvalue weighted by Crippen LogP contribution is -2.41. The first-order valence-electron chi connectivity index (χ1n) is 22.6. The molecule has 0 bridgehead atoms. The second kappa shape index (κ2) is 16.8. The first-order valence-corrected chi connectivity index (χ1v) is 23.4. The van der Waals surface area contributed by atoms with Crippen molar-refractivity contribution in [3.8, 4) is 33.4 Å². The van der Waals surface area contributed by atoms with E-state index in [0.29, 0.717) is 0 Å². The van der Waals surface area contributed by atoms with Gasteiger partial charge in [-0.15, -0.1) is 11.3 Å². The quantitative estimate of drug-likeness (QED) is 0.146. The monoisotopic (exact) mass is 861 g/mol. The summed E-state index contributed by atoms with van der Waals surface area (Å²) < 4.78 is 2.59. The highest BCUT2D eigenvalue weighted by molar-refractivity contribution is 7.26. The van der Waals surface area contributed by atoms with Crippen LogP contribution in [-0.2, 0) is 0 Å². The van der Waals surface area contributed by atoms with Crippen LogP contribution >= 0.6 is 11.3 Å². The highest BCUT2D eigenvalue weighted by atomic mass is 32.1. The minimum absolute atomic E-state index is 0.755. The third kappa shape index (κ3) is 7.11. The van der Waals surface area contributed by atoms with Crippen LogP contribution in [0.15, 0.2) is 237 Å². The normalized spacial score (nSPS) is 11.8. The molecule has 0 saturated carbocycles. The first kappa shape index (κ1) is 39.5. The number of benzene rings is 10. The Balaban J connectivity index is 1.10. The van der Waals surface area contributed by atoms with Gasteiger partial charge in [0, 0.05) is 60.8 Å². The van der Waals surface area contributed by atoms with Gasteiger partial charge in [0.05, 0.1) is 10.4 Å². The van der Waals surface area contributed by atoms with E-state index in [-0.39, 0.29) is 0 Å². The van der Waals surface area contributed by atoms with Gasteiger partial charge in [-0.05, 0) is 131 Å². The Morgan fingerprint density at radius 3 is 1.77 bits per heavy atom. The van der Waals surface area contributed by atoms with Gasteiger partial charge in [0.25, 0.3) is 0 Å². The molecule has 1 aliphatic heterocycles. The zero-order valence-corrected chi connectivity index (χ0v) is 37.3. The fourth-order valence-corrected chi connectivity index (χ4v) is 11.1. The summed E-state index contributed by atoms with van der Waals surface area (Å²) in [5.74, 6) is 0. The van der Waals surface area contributed by atoms with E-state index < -0.39 is 0 Å². The summed E-state index contributed by atoms with van der Waals surface area (Å²) in [6, 6.07) is 85.8. The zero-order valence-electron chi connectivity index (χ0n) is 36.5. The second-order valence-corrected chi connectivity index (χ2v) is 18.1. The highest BCUT2D eigenvalue weighted by Gasteiger charge is 2.33. The van der Waals surface area contributed by atoms with Crippen molar-refractivity contribution in [3.05, 3.63) is 242 Å². The topological polar surface area (TPSA) is 18.5 Å². The predicted octanol–water partition coefficient (Wildman–Crippen LogP) is 15.7. The summed E-state index contributed by atoms with van der Waals surface area (Å²) >= 11 is 1.90. The molecule has 0 radical (unpaired) electrons. The molecule has 0 aliphatic carbocycles. The van der Waals surface area contributed by atoms with E-state index in [1.165, 1.54) is 87.1 Å². The number of para-hydroxylation sites is 3. The lowest BCUT2D eigenvalue weighted by atomic mass is 9.58. The van der Waals surface area contributed by atoms with Crippen molar-refractivity contribution in [2.45, 2.75) is 6.92 Å². The highest BCUT2D eigenvalue weighted by Crippen LogP contribution is 2.49. The van der Waals surface area contributed by atoms with Gasteiger partial charge in [-0.3, -0.25) is 0 Å². The smallest absolute Gasteiger partial charge is 0.198 e. The average Bonchev–Trinajstić information content (AvgIpc) is 3.75. The van der Waals surface area contributed by atoms with Crippen LogP contribution in [0.1, 0.15) is 5.56 Å². The number of anilines is 8. The van der Waals surface area contributed by atoms with Crippen LogP contribution in [0.2, 0.25) is 0 Å². The van der Waals surface area contributed by atoms with Crippen LogP contribution in [0.25, 0.3) is 53.6 Å². The maximum absolute atomic E-state index is 3.90. The molecule has 1 aliphatic rings. The van der Waals surface area contributed by atoms with Crippen LogP contribution in [0.4, 0.5) is 45.5 Å². The second-order valence-electron chi connectivity index (χ2n) is 17.0. The minimum atomic E-state index is 0.755. The van der Waals surface area contributed by atoms with E-state index in [2.05, 4.69) is 259 Å². The summed E-state index contributed by atoms with van der Waals surface area (Å²) in [6.45, 7) is 2.27. The summed E-state index contributed by atoms with van der Waals surface area (Å²) in [4.78, 5) is 4.96. The van der Waals surface area contributed by atoms with Crippen molar-refractivity contribution in [2.24, 2.45) is 0 Å². The summed E-state index contributed by atoms with van der Waals surface area (Å²) in [5.41, 5.74) is 20.1. The SMILES string of the molecule is Cc1cc(-c2ccccc2)ccc1N1c2ccc(N(c3ccccc3)c3ccccc3)cc2Bc2c(-c3ccccc3Nc3cccc(-c4ccccc4)c3)cc3c(sc4ccccc43)c21. The van der Waals surface area contributed by atoms with Crippen LogP contribution in [0.3, 0.4) is 0 Å². The lowest BCUT2D eigenvalue weighted by Gasteiger charge is -2.37. The van der Waals surface area contributed by atoms with E-state index in [0.717, 1.165) is 35.7 Å². The van der Waals surface area contributed by atoms with Gasteiger partial charge < -0.3 is 15.1 Å². The Morgan fingerprint density at radius 1 is 0.455 bits per heavy atom. The molecule has 0 atom stereocenters. The van der Waals surface area contributed by atoms with Gasteiger partial charge in [0.15, 0.2) is 7.28 Å². The Morgan fingerprint density at radius 2 is 1.06 bits per heavy atom. The number of nitrogens with zero attached hydrogens (tertiary/aromatic N) is 2. The Kier molecular flexibility index (Phi) is 10.0. The minimum Gasteiger partial charge on any atom is -0.355 e. The molecule has 10 aromatic carbocycles. The maximum atomic E-state index is 3.90. The van der Waals surface area contributed by atoms with Crippen LogP contribution < -0.4 is 26.0 Å². The maximum Gasteiger partial charge on any atom is 0.198 e. The molecule has 1 aromatic heterocycles. The van der Waals surface area contributed by atoms with Gasteiger partial charge >= 0.3 is 0 Å². The van der Waals surface area contributed by atoms with Crippen LogP contribution in [-0.4, -0.2) is 7.28 Å². The Bertz CT molecular complexity index is 3510. The molecular formula is C61H44BN3S. The third-order valence-corrected chi connectivity index (χ3v) is 14.1. The third-order valence-electron chi connectivity index (χ3n) is 12.9. The molecule has 66 heavy (non-hydrogen) atoms. The van der Waals surface area contributed by atoms with E-state index in [1.807, 2.05) is 11.3 Å². The van der Waals surface area contributed by atoms with E-state index >= 15 is 0 Å². The molecule has 2 heterocycles. The molecule has 0 spiro atoms. The Labute approximate surface area is 390 Å². The van der Waals surface area contributed by atoms with E-state index in [4.69, 9.17) is 0 Å². The average molecular weight is 862 g/mol. The molecule has 0 unspecified atom stereocenters. The molecule has 3 nitrogen and oxygen atoms in total.